The van der Waals surface area contributed by atoms with Crippen molar-refractivity contribution in [2.24, 2.45) is 17.7 Å². The van der Waals surface area contributed by atoms with Crippen molar-refractivity contribution >= 4 is 15.7 Å². The largest absolute Gasteiger partial charge is 0.323 e. The van der Waals surface area contributed by atoms with Crippen LogP contribution < -0.4 is 16.0 Å². The fourth-order valence-electron chi connectivity index (χ4n) is 2.65. The molecule has 0 aliphatic heterocycles. The molecule has 112 valence electrons. The average Bonchev–Trinajstić information content (AvgIpc) is 2.42. The van der Waals surface area contributed by atoms with Crippen molar-refractivity contribution < 1.29 is 8.42 Å². The number of hydrazine groups is 1. The molecule has 1 aliphatic rings. The second-order valence-corrected chi connectivity index (χ2v) is 7.28. The van der Waals surface area contributed by atoms with Crippen LogP contribution in [0.25, 0.3) is 0 Å². The van der Waals surface area contributed by atoms with E-state index in [2.05, 4.69) is 29.0 Å². The van der Waals surface area contributed by atoms with Crippen molar-refractivity contribution in [1.82, 2.24) is 9.71 Å². The highest BCUT2D eigenvalue weighted by Crippen LogP contribution is 2.30. The lowest BCUT2D eigenvalue weighted by Gasteiger charge is -2.32. The Morgan fingerprint density at radius 3 is 2.70 bits per heavy atom. The first kappa shape index (κ1) is 15.2. The van der Waals surface area contributed by atoms with Crippen molar-refractivity contribution in [2.45, 2.75) is 44.0 Å². The topological polar surface area (TPSA) is 97.1 Å². The summed E-state index contributed by atoms with van der Waals surface area (Å²) < 4.78 is 27.6. The lowest BCUT2D eigenvalue weighted by atomic mass is 9.79. The van der Waals surface area contributed by atoms with Gasteiger partial charge in [-0.25, -0.2) is 13.1 Å². The third-order valence-electron chi connectivity index (χ3n) is 4.15. The van der Waals surface area contributed by atoms with Crippen molar-refractivity contribution in [3.63, 3.8) is 0 Å². The number of pyridine rings is 1. The molecule has 1 aliphatic carbocycles. The van der Waals surface area contributed by atoms with E-state index < -0.39 is 10.0 Å². The maximum absolute atomic E-state index is 12.4. The number of nitrogens with one attached hydrogen (secondary N) is 2. The normalized spacial score (nSPS) is 27.2. The number of nitrogens with zero attached hydrogens (tertiary/aromatic N) is 1. The fourth-order valence-corrected chi connectivity index (χ4v) is 4.05. The number of aromatic nitrogens is 1. The maximum atomic E-state index is 12.4. The molecule has 20 heavy (non-hydrogen) atoms. The quantitative estimate of drug-likeness (QED) is 0.578. The van der Waals surface area contributed by atoms with E-state index in [1.165, 1.54) is 12.4 Å². The Kier molecular flexibility index (Phi) is 4.62. The molecule has 2 rings (SSSR count). The molecule has 0 aromatic carbocycles. The van der Waals surface area contributed by atoms with Crippen LogP contribution in [0.3, 0.4) is 0 Å². The second-order valence-electron chi connectivity index (χ2n) is 5.60. The van der Waals surface area contributed by atoms with Crippen LogP contribution >= 0.6 is 0 Å². The maximum Gasteiger partial charge on any atom is 0.244 e. The standard InChI is InChI=1S/C13H22N4O2S/c1-9-3-4-11(7-10(9)2)17-20(18,19)13-8-15-6-5-12(13)16-14/h5-6,8-11,17H,3-4,7,14H2,1-2H3,(H,15,16). The first-order valence-electron chi connectivity index (χ1n) is 6.87. The number of rotatable bonds is 4. The van der Waals surface area contributed by atoms with Gasteiger partial charge in [0.05, 0.1) is 5.69 Å². The molecular formula is C13H22N4O2S. The molecule has 1 heterocycles. The zero-order valence-corrected chi connectivity index (χ0v) is 12.7. The predicted octanol–water partition coefficient (Wildman–Crippen LogP) is 1.47. The SMILES string of the molecule is CC1CCC(NS(=O)(=O)c2cnccc2NN)CC1C. The molecule has 0 radical (unpaired) electrons. The molecular weight excluding hydrogens is 276 g/mol. The van der Waals surface area contributed by atoms with Crippen LogP contribution in [0.1, 0.15) is 33.1 Å². The first-order chi connectivity index (χ1) is 9.44. The summed E-state index contributed by atoms with van der Waals surface area (Å²) >= 11 is 0. The van der Waals surface area contributed by atoms with Crippen molar-refractivity contribution in [3.8, 4) is 0 Å². The van der Waals surface area contributed by atoms with Gasteiger partial charge in [0.15, 0.2) is 0 Å². The van der Waals surface area contributed by atoms with E-state index >= 15 is 0 Å². The summed E-state index contributed by atoms with van der Waals surface area (Å²) in [5.74, 6) is 6.52. The van der Waals surface area contributed by atoms with Crippen LogP contribution in [-0.4, -0.2) is 19.4 Å². The Balaban J connectivity index is 2.15. The van der Waals surface area contributed by atoms with E-state index in [-0.39, 0.29) is 10.9 Å². The van der Waals surface area contributed by atoms with E-state index in [1.54, 1.807) is 6.07 Å². The molecule has 0 saturated heterocycles. The molecule has 1 saturated carbocycles. The van der Waals surface area contributed by atoms with E-state index in [1.807, 2.05) is 0 Å². The molecule has 6 nitrogen and oxygen atoms in total. The first-order valence-corrected chi connectivity index (χ1v) is 8.35. The van der Waals surface area contributed by atoms with E-state index in [0.717, 1.165) is 19.3 Å². The average molecular weight is 298 g/mol. The molecule has 3 atom stereocenters. The van der Waals surface area contributed by atoms with Crippen molar-refractivity contribution in [3.05, 3.63) is 18.5 Å². The lowest BCUT2D eigenvalue weighted by Crippen LogP contribution is -2.40. The van der Waals surface area contributed by atoms with Crippen LogP contribution in [0.2, 0.25) is 0 Å². The van der Waals surface area contributed by atoms with Crippen LogP contribution in [0.15, 0.2) is 23.4 Å². The second kappa shape index (κ2) is 6.07. The van der Waals surface area contributed by atoms with E-state index in [4.69, 9.17) is 5.84 Å². The van der Waals surface area contributed by atoms with Crippen LogP contribution in [0, 0.1) is 11.8 Å². The Bertz CT molecular complexity index is 561. The summed E-state index contributed by atoms with van der Waals surface area (Å²) in [4.78, 5) is 3.96. The third kappa shape index (κ3) is 3.28. The Morgan fingerprint density at radius 2 is 2.05 bits per heavy atom. The number of hydrogen-bond acceptors (Lipinski definition) is 5. The Hall–Kier alpha value is -1.18. The Morgan fingerprint density at radius 1 is 1.30 bits per heavy atom. The van der Waals surface area contributed by atoms with Gasteiger partial charge >= 0.3 is 0 Å². The van der Waals surface area contributed by atoms with Crippen LogP contribution in [-0.2, 0) is 10.0 Å². The lowest BCUT2D eigenvalue weighted by molar-refractivity contribution is 0.242. The molecule has 1 fully saturated rings. The highest BCUT2D eigenvalue weighted by Gasteiger charge is 2.29. The third-order valence-corrected chi connectivity index (χ3v) is 5.70. The van der Waals surface area contributed by atoms with Crippen LogP contribution in [0.5, 0.6) is 0 Å². The highest BCUT2D eigenvalue weighted by atomic mass is 32.2. The minimum absolute atomic E-state index is 0.0166. The zero-order valence-electron chi connectivity index (χ0n) is 11.8. The van der Waals surface area contributed by atoms with Gasteiger partial charge in [0, 0.05) is 18.4 Å². The number of sulfonamides is 1. The van der Waals surface area contributed by atoms with Gasteiger partial charge in [-0.3, -0.25) is 10.8 Å². The van der Waals surface area contributed by atoms with Gasteiger partial charge in [-0.2, -0.15) is 0 Å². The highest BCUT2D eigenvalue weighted by molar-refractivity contribution is 7.89. The molecule has 4 N–H and O–H groups in total. The van der Waals surface area contributed by atoms with E-state index in [0.29, 0.717) is 17.5 Å². The van der Waals surface area contributed by atoms with Gasteiger partial charge in [0.1, 0.15) is 4.90 Å². The van der Waals surface area contributed by atoms with Gasteiger partial charge in [-0.15, -0.1) is 0 Å². The minimum atomic E-state index is -3.60. The summed E-state index contributed by atoms with van der Waals surface area (Å²) in [6, 6.07) is 1.53. The number of hydrogen-bond donors (Lipinski definition) is 3. The van der Waals surface area contributed by atoms with Gasteiger partial charge in [-0.05, 0) is 37.2 Å². The molecule has 1 aromatic rings. The van der Waals surface area contributed by atoms with Crippen LogP contribution in [0.4, 0.5) is 5.69 Å². The molecule has 0 bridgehead atoms. The van der Waals surface area contributed by atoms with Gasteiger partial charge in [-0.1, -0.05) is 13.8 Å². The molecule has 1 aromatic heterocycles. The van der Waals surface area contributed by atoms with Crippen molar-refractivity contribution in [2.75, 3.05) is 5.43 Å². The van der Waals surface area contributed by atoms with Crippen molar-refractivity contribution in [1.29, 1.82) is 0 Å². The Labute approximate surface area is 120 Å². The minimum Gasteiger partial charge on any atom is -0.323 e. The predicted molar refractivity (Wildman–Crippen MR) is 78.3 cm³/mol. The molecule has 7 heteroatoms. The number of anilines is 1. The smallest absolute Gasteiger partial charge is 0.244 e. The van der Waals surface area contributed by atoms with Gasteiger partial charge < -0.3 is 5.43 Å². The number of nitrogens with two attached hydrogens (primary N) is 1. The summed E-state index contributed by atoms with van der Waals surface area (Å²) in [7, 11) is -3.60. The monoisotopic (exact) mass is 298 g/mol. The summed E-state index contributed by atoms with van der Waals surface area (Å²) in [6.07, 6.45) is 5.59. The van der Waals surface area contributed by atoms with Gasteiger partial charge in [0.2, 0.25) is 10.0 Å². The number of nitrogen functional groups attached to an aromatic ring is 1. The van der Waals surface area contributed by atoms with Gasteiger partial charge in [0.25, 0.3) is 0 Å². The summed E-state index contributed by atoms with van der Waals surface area (Å²) in [5.41, 5.74) is 2.75. The molecule has 0 spiro atoms. The summed E-state index contributed by atoms with van der Waals surface area (Å²) in [5, 5.41) is 0. The zero-order chi connectivity index (χ0) is 14.8. The fraction of sp³-hybridized carbons (Fsp3) is 0.615. The van der Waals surface area contributed by atoms with E-state index in [9.17, 15) is 8.42 Å². The molecule has 3 unspecified atom stereocenters. The summed E-state index contributed by atoms with van der Waals surface area (Å²) in [6.45, 7) is 4.38. The molecule has 0 amide bonds.